The normalized spacial score (nSPS) is 10.9. The maximum absolute atomic E-state index is 4.97. The van der Waals surface area contributed by atoms with Crippen LogP contribution in [0.1, 0.15) is 10.6 Å². The van der Waals surface area contributed by atoms with Crippen LogP contribution < -0.4 is 5.32 Å². The van der Waals surface area contributed by atoms with Crippen molar-refractivity contribution in [2.45, 2.75) is 13.1 Å². The van der Waals surface area contributed by atoms with Crippen LogP contribution in [0.5, 0.6) is 0 Å². The van der Waals surface area contributed by atoms with E-state index in [1.165, 1.54) is 4.88 Å². The molecule has 2 aromatic heterocycles. The van der Waals surface area contributed by atoms with Gasteiger partial charge in [-0.3, -0.25) is 0 Å². The van der Waals surface area contributed by atoms with Gasteiger partial charge in [0.15, 0.2) is 0 Å². The van der Waals surface area contributed by atoms with Gasteiger partial charge in [0.25, 0.3) is 0 Å². The van der Waals surface area contributed by atoms with E-state index in [1.807, 2.05) is 6.33 Å². The average Bonchev–Trinajstić information content (AvgIpc) is 2.97. The van der Waals surface area contributed by atoms with Crippen LogP contribution in [0.4, 0.5) is 0 Å². The summed E-state index contributed by atoms with van der Waals surface area (Å²) in [5, 5.41) is 5.37. The molecular weight excluding hydrogens is 234 g/mol. The molecule has 0 aliphatic rings. The van der Waals surface area contributed by atoms with Crippen LogP contribution in [0.2, 0.25) is 0 Å². The standard InChI is InChI=1S/C12H17N3OS/c1-16-5-4-13-7-11-8-15(10-14-11)9-12-3-2-6-17-12/h2-3,6,8,10,13H,4-5,7,9H2,1H3. The number of thiophene rings is 1. The Hall–Kier alpha value is -1.17. The van der Waals surface area contributed by atoms with E-state index in [0.717, 1.165) is 31.9 Å². The van der Waals surface area contributed by atoms with Crippen molar-refractivity contribution in [3.05, 3.63) is 40.6 Å². The first kappa shape index (κ1) is 12.3. The molecule has 0 aliphatic heterocycles. The number of hydrogen-bond donors (Lipinski definition) is 1. The number of ether oxygens (including phenoxy) is 1. The lowest BCUT2D eigenvalue weighted by Gasteiger charge is -2.01. The molecule has 0 saturated carbocycles. The Bertz CT molecular complexity index is 425. The molecule has 0 bridgehead atoms. The summed E-state index contributed by atoms with van der Waals surface area (Å²) in [7, 11) is 1.71. The highest BCUT2D eigenvalue weighted by molar-refractivity contribution is 7.09. The van der Waals surface area contributed by atoms with Crippen molar-refractivity contribution >= 4 is 11.3 Å². The van der Waals surface area contributed by atoms with Crippen LogP contribution in [-0.2, 0) is 17.8 Å². The van der Waals surface area contributed by atoms with Crippen LogP contribution in [0, 0.1) is 0 Å². The quantitative estimate of drug-likeness (QED) is 0.762. The molecule has 2 rings (SSSR count). The van der Waals surface area contributed by atoms with E-state index in [0.29, 0.717) is 0 Å². The van der Waals surface area contributed by atoms with Crippen molar-refractivity contribution in [3.8, 4) is 0 Å². The van der Waals surface area contributed by atoms with Crippen molar-refractivity contribution in [2.24, 2.45) is 0 Å². The van der Waals surface area contributed by atoms with Gasteiger partial charge in [0.1, 0.15) is 0 Å². The molecule has 0 radical (unpaired) electrons. The Morgan fingerprint density at radius 1 is 1.53 bits per heavy atom. The highest BCUT2D eigenvalue weighted by Gasteiger charge is 2.00. The lowest BCUT2D eigenvalue weighted by Crippen LogP contribution is -2.18. The monoisotopic (exact) mass is 251 g/mol. The smallest absolute Gasteiger partial charge is 0.0953 e. The van der Waals surface area contributed by atoms with E-state index in [1.54, 1.807) is 18.4 Å². The number of methoxy groups -OCH3 is 1. The van der Waals surface area contributed by atoms with Crippen molar-refractivity contribution in [1.82, 2.24) is 14.9 Å². The zero-order valence-electron chi connectivity index (χ0n) is 9.93. The molecule has 0 aliphatic carbocycles. The summed E-state index contributed by atoms with van der Waals surface area (Å²) in [6.45, 7) is 3.29. The van der Waals surface area contributed by atoms with Gasteiger partial charge in [0, 0.05) is 31.3 Å². The molecule has 4 nitrogen and oxygen atoms in total. The minimum absolute atomic E-state index is 0.732. The molecule has 0 amide bonds. The fourth-order valence-electron chi connectivity index (χ4n) is 1.56. The number of aromatic nitrogens is 2. The van der Waals surface area contributed by atoms with Crippen LogP contribution in [0.25, 0.3) is 0 Å². The van der Waals surface area contributed by atoms with Crippen molar-refractivity contribution in [3.63, 3.8) is 0 Å². The van der Waals surface area contributed by atoms with E-state index in [-0.39, 0.29) is 0 Å². The molecule has 2 heterocycles. The molecule has 0 fully saturated rings. The predicted molar refractivity (Wildman–Crippen MR) is 69.2 cm³/mol. The third-order valence-corrected chi connectivity index (χ3v) is 3.26. The zero-order chi connectivity index (χ0) is 11.9. The second kappa shape index (κ2) is 6.54. The molecule has 1 N–H and O–H groups in total. The first-order valence-corrected chi connectivity index (χ1v) is 6.49. The highest BCUT2D eigenvalue weighted by Crippen LogP contribution is 2.10. The molecule has 17 heavy (non-hydrogen) atoms. The lowest BCUT2D eigenvalue weighted by molar-refractivity contribution is 0.199. The Morgan fingerprint density at radius 2 is 2.47 bits per heavy atom. The van der Waals surface area contributed by atoms with Gasteiger partial charge in [0.2, 0.25) is 0 Å². The van der Waals surface area contributed by atoms with Crippen molar-refractivity contribution in [1.29, 1.82) is 0 Å². The Labute approximate surface area is 105 Å². The Kier molecular flexibility index (Phi) is 4.73. The van der Waals surface area contributed by atoms with Gasteiger partial charge in [0.05, 0.1) is 25.2 Å². The van der Waals surface area contributed by atoms with Crippen LogP contribution in [0.15, 0.2) is 30.0 Å². The number of nitrogens with zero attached hydrogens (tertiary/aromatic N) is 2. The first-order valence-electron chi connectivity index (χ1n) is 5.61. The third kappa shape index (κ3) is 3.96. The van der Waals surface area contributed by atoms with E-state index in [2.05, 4.69) is 38.6 Å². The van der Waals surface area contributed by atoms with Crippen LogP contribution >= 0.6 is 11.3 Å². The Balaban J connectivity index is 1.79. The number of imidazole rings is 1. The van der Waals surface area contributed by atoms with E-state index in [9.17, 15) is 0 Å². The summed E-state index contributed by atoms with van der Waals surface area (Å²) < 4.78 is 7.08. The lowest BCUT2D eigenvalue weighted by atomic mass is 10.4. The van der Waals surface area contributed by atoms with E-state index in [4.69, 9.17) is 4.74 Å². The minimum Gasteiger partial charge on any atom is -0.383 e. The first-order chi connectivity index (χ1) is 8.38. The van der Waals surface area contributed by atoms with E-state index >= 15 is 0 Å². The topological polar surface area (TPSA) is 39.1 Å². The maximum Gasteiger partial charge on any atom is 0.0953 e. The third-order valence-electron chi connectivity index (χ3n) is 2.39. The molecule has 2 aromatic rings. The number of rotatable bonds is 7. The van der Waals surface area contributed by atoms with Crippen molar-refractivity contribution < 1.29 is 4.74 Å². The van der Waals surface area contributed by atoms with Gasteiger partial charge in [-0.1, -0.05) is 6.07 Å². The molecule has 0 unspecified atom stereocenters. The number of nitrogens with one attached hydrogen (secondary N) is 1. The molecule has 92 valence electrons. The maximum atomic E-state index is 4.97. The van der Waals surface area contributed by atoms with E-state index < -0.39 is 0 Å². The second-order valence-electron chi connectivity index (χ2n) is 3.79. The molecule has 0 aromatic carbocycles. The Morgan fingerprint density at radius 3 is 3.24 bits per heavy atom. The highest BCUT2D eigenvalue weighted by atomic mass is 32.1. The molecule has 0 atom stereocenters. The SMILES string of the molecule is COCCNCc1cn(Cc2cccs2)cn1. The minimum atomic E-state index is 0.732. The summed E-state index contributed by atoms with van der Waals surface area (Å²) in [5.74, 6) is 0. The fraction of sp³-hybridized carbons (Fsp3) is 0.417. The van der Waals surface area contributed by atoms with Gasteiger partial charge in [-0.2, -0.15) is 0 Å². The van der Waals surface area contributed by atoms with Gasteiger partial charge >= 0.3 is 0 Å². The summed E-state index contributed by atoms with van der Waals surface area (Å²) in [5.41, 5.74) is 1.07. The van der Waals surface area contributed by atoms with Crippen LogP contribution in [0.3, 0.4) is 0 Å². The van der Waals surface area contributed by atoms with Crippen molar-refractivity contribution in [2.75, 3.05) is 20.3 Å². The van der Waals surface area contributed by atoms with Gasteiger partial charge < -0.3 is 14.6 Å². The molecular formula is C12H17N3OS. The van der Waals surface area contributed by atoms with Crippen LogP contribution in [-0.4, -0.2) is 29.8 Å². The average molecular weight is 251 g/mol. The summed E-state index contributed by atoms with van der Waals surface area (Å²) >= 11 is 1.77. The molecule has 5 heteroatoms. The van der Waals surface area contributed by atoms with Gasteiger partial charge in [-0.05, 0) is 11.4 Å². The second-order valence-corrected chi connectivity index (χ2v) is 4.82. The summed E-state index contributed by atoms with van der Waals surface area (Å²) in [6, 6.07) is 4.21. The number of hydrogen-bond acceptors (Lipinski definition) is 4. The fourth-order valence-corrected chi connectivity index (χ4v) is 2.27. The van der Waals surface area contributed by atoms with Gasteiger partial charge in [-0.25, -0.2) is 4.98 Å². The van der Waals surface area contributed by atoms with Gasteiger partial charge in [-0.15, -0.1) is 11.3 Å². The zero-order valence-corrected chi connectivity index (χ0v) is 10.7. The molecule has 0 spiro atoms. The largest absolute Gasteiger partial charge is 0.383 e. The predicted octanol–water partition coefficient (Wildman–Crippen LogP) is 1.73. The summed E-state index contributed by atoms with van der Waals surface area (Å²) in [6.07, 6.45) is 3.96. The molecule has 0 saturated heterocycles. The summed E-state index contributed by atoms with van der Waals surface area (Å²) in [4.78, 5) is 5.71.